The normalized spacial score (nSPS) is 16.1. The molecule has 10 heteroatoms. The summed E-state index contributed by atoms with van der Waals surface area (Å²) in [5.74, 6) is 1.43. The Kier molecular flexibility index (Phi) is 5.15. The van der Waals surface area contributed by atoms with Crippen LogP contribution in [0.25, 0.3) is 11.5 Å². The number of oxazole rings is 1. The molecule has 0 saturated heterocycles. The quantitative estimate of drug-likeness (QED) is 0.667. The van der Waals surface area contributed by atoms with E-state index in [9.17, 15) is 9.90 Å². The second kappa shape index (κ2) is 7.90. The van der Waals surface area contributed by atoms with Gasteiger partial charge in [0, 0.05) is 12.1 Å². The molecule has 3 aromatic rings. The summed E-state index contributed by atoms with van der Waals surface area (Å²) in [4.78, 5) is 17.2. The Labute approximate surface area is 166 Å². The Hall–Kier alpha value is -3.43. The van der Waals surface area contributed by atoms with E-state index in [1.54, 1.807) is 23.7 Å². The van der Waals surface area contributed by atoms with E-state index >= 15 is 0 Å². The first-order chi connectivity index (χ1) is 14.1. The van der Waals surface area contributed by atoms with E-state index in [4.69, 9.17) is 9.15 Å². The highest BCUT2D eigenvalue weighted by Gasteiger charge is 2.28. The maximum atomic E-state index is 12.8. The van der Waals surface area contributed by atoms with Crippen LogP contribution in [-0.2, 0) is 17.9 Å². The summed E-state index contributed by atoms with van der Waals surface area (Å²) < 4.78 is 12.5. The molecule has 152 valence electrons. The van der Waals surface area contributed by atoms with Crippen LogP contribution in [0.5, 0.6) is 11.5 Å². The highest BCUT2D eigenvalue weighted by Crippen LogP contribution is 2.32. The molecule has 0 fully saturated rings. The third kappa shape index (κ3) is 3.78. The molecule has 0 spiro atoms. The average molecular weight is 398 g/mol. The number of ether oxygens (including phenoxy) is 1. The predicted molar refractivity (Wildman–Crippen MR) is 101 cm³/mol. The average Bonchev–Trinajstić information content (AvgIpc) is 3.27. The lowest BCUT2D eigenvalue weighted by Crippen LogP contribution is -2.30. The fraction of sp³-hybridized carbons (Fsp3) is 0.421. The number of phenolic OH excluding ortho intramolecular Hbond substituents is 1. The van der Waals surface area contributed by atoms with Crippen molar-refractivity contribution in [3.05, 3.63) is 35.5 Å². The minimum absolute atomic E-state index is 0.00166. The zero-order valence-corrected chi connectivity index (χ0v) is 16.3. The molecule has 0 aliphatic carbocycles. The van der Waals surface area contributed by atoms with Crippen LogP contribution in [0, 0.1) is 6.92 Å². The molecule has 0 saturated carbocycles. The highest BCUT2D eigenvalue weighted by molar-refractivity contribution is 5.82. The smallest absolute Gasteiger partial charge is 0.231 e. The Balaban J connectivity index is 1.47. The van der Waals surface area contributed by atoms with E-state index in [0.29, 0.717) is 40.9 Å². The van der Waals surface area contributed by atoms with Crippen molar-refractivity contribution in [3.63, 3.8) is 0 Å². The summed E-state index contributed by atoms with van der Waals surface area (Å²) >= 11 is 0. The molecule has 29 heavy (non-hydrogen) atoms. The number of aromatic nitrogens is 5. The van der Waals surface area contributed by atoms with E-state index in [1.165, 1.54) is 13.2 Å². The third-order valence-corrected chi connectivity index (χ3v) is 5.05. The summed E-state index contributed by atoms with van der Waals surface area (Å²) in [6.45, 7) is 2.74. The van der Waals surface area contributed by atoms with Crippen LogP contribution in [0.2, 0.25) is 0 Å². The monoisotopic (exact) mass is 398 g/mol. The first-order valence-electron chi connectivity index (χ1n) is 9.44. The Morgan fingerprint density at radius 3 is 3.07 bits per heavy atom. The fourth-order valence-electron chi connectivity index (χ4n) is 3.44. The standard InChI is InChI=1S/C19H22N6O4/c1-11-14(21-19(29-11)12-6-7-16(28-2)15(26)9-12)10-20-18(27)13-5-3-4-8-25-17(13)22-23-24-25/h6-7,9,13,26H,3-5,8,10H2,1-2H3,(H,20,27). The van der Waals surface area contributed by atoms with Crippen LogP contribution in [0.15, 0.2) is 22.6 Å². The minimum atomic E-state index is -0.377. The molecule has 0 bridgehead atoms. The van der Waals surface area contributed by atoms with Crippen molar-refractivity contribution in [1.82, 2.24) is 30.5 Å². The molecule has 10 nitrogen and oxygen atoms in total. The van der Waals surface area contributed by atoms with E-state index < -0.39 is 0 Å². The molecule has 1 amide bonds. The molecule has 1 atom stereocenters. The van der Waals surface area contributed by atoms with Gasteiger partial charge in [-0.05, 0) is 48.4 Å². The lowest BCUT2D eigenvalue weighted by molar-refractivity contribution is -0.123. The number of aryl methyl sites for hydroxylation is 2. The third-order valence-electron chi connectivity index (χ3n) is 5.05. The second-order valence-corrected chi connectivity index (χ2v) is 6.93. The van der Waals surface area contributed by atoms with Crippen molar-refractivity contribution >= 4 is 5.91 Å². The van der Waals surface area contributed by atoms with Gasteiger partial charge < -0.3 is 19.6 Å². The van der Waals surface area contributed by atoms with Crippen molar-refractivity contribution in [2.75, 3.05) is 7.11 Å². The molecule has 1 aliphatic rings. The maximum Gasteiger partial charge on any atom is 0.231 e. The molecular formula is C19H22N6O4. The van der Waals surface area contributed by atoms with Gasteiger partial charge in [0.05, 0.1) is 19.6 Å². The number of fused-ring (bicyclic) bond motifs is 1. The fourth-order valence-corrected chi connectivity index (χ4v) is 3.44. The molecule has 1 aromatic carbocycles. The van der Waals surface area contributed by atoms with Crippen LogP contribution in [0.4, 0.5) is 0 Å². The lowest BCUT2D eigenvalue weighted by Gasteiger charge is -2.12. The summed E-state index contributed by atoms with van der Waals surface area (Å²) in [6, 6.07) is 4.91. The SMILES string of the molecule is COc1ccc(-c2nc(CNC(=O)C3CCCCn4nnnc43)c(C)o2)cc1O. The Morgan fingerprint density at radius 2 is 2.28 bits per heavy atom. The minimum Gasteiger partial charge on any atom is -0.504 e. The number of benzene rings is 1. The van der Waals surface area contributed by atoms with Gasteiger partial charge >= 0.3 is 0 Å². The van der Waals surface area contributed by atoms with E-state index in [1.807, 2.05) is 0 Å². The van der Waals surface area contributed by atoms with Crippen LogP contribution in [0.3, 0.4) is 0 Å². The van der Waals surface area contributed by atoms with Crippen molar-refractivity contribution in [2.24, 2.45) is 0 Å². The van der Waals surface area contributed by atoms with Crippen molar-refractivity contribution < 1.29 is 19.1 Å². The van der Waals surface area contributed by atoms with Crippen LogP contribution >= 0.6 is 0 Å². The number of phenols is 1. The number of methoxy groups -OCH3 is 1. The summed E-state index contributed by atoms with van der Waals surface area (Å²) in [7, 11) is 1.48. The number of nitrogens with zero attached hydrogens (tertiary/aromatic N) is 5. The molecule has 4 rings (SSSR count). The van der Waals surface area contributed by atoms with Gasteiger partial charge in [-0.3, -0.25) is 4.79 Å². The van der Waals surface area contributed by atoms with E-state index in [0.717, 1.165) is 19.4 Å². The van der Waals surface area contributed by atoms with Crippen LogP contribution in [-0.4, -0.2) is 43.3 Å². The number of carbonyl (C=O) groups is 1. The van der Waals surface area contributed by atoms with Gasteiger partial charge in [-0.25, -0.2) is 9.67 Å². The van der Waals surface area contributed by atoms with Gasteiger partial charge in [0.15, 0.2) is 17.3 Å². The molecule has 1 unspecified atom stereocenters. The number of hydrogen-bond acceptors (Lipinski definition) is 8. The first-order valence-corrected chi connectivity index (χ1v) is 9.44. The zero-order valence-electron chi connectivity index (χ0n) is 16.3. The topological polar surface area (TPSA) is 128 Å². The first kappa shape index (κ1) is 18.9. The zero-order chi connectivity index (χ0) is 20.4. The molecule has 2 N–H and O–H groups in total. The van der Waals surface area contributed by atoms with Crippen LogP contribution in [0.1, 0.15) is 42.5 Å². The molecular weight excluding hydrogens is 376 g/mol. The van der Waals surface area contributed by atoms with Gasteiger partial charge in [0.25, 0.3) is 0 Å². The number of amides is 1. The number of rotatable bonds is 5. The molecule has 3 heterocycles. The molecule has 1 aliphatic heterocycles. The van der Waals surface area contributed by atoms with Gasteiger partial charge in [0.1, 0.15) is 11.5 Å². The van der Waals surface area contributed by atoms with Gasteiger partial charge in [-0.2, -0.15) is 0 Å². The highest BCUT2D eigenvalue weighted by atomic mass is 16.5. The van der Waals surface area contributed by atoms with E-state index in [2.05, 4.69) is 25.8 Å². The summed E-state index contributed by atoms with van der Waals surface area (Å²) in [6.07, 6.45) is 2.58. The maximum absolute atomic E-state index is 12.8. The van der Waals surface area contributed by atoms with Crippen molar-refractivity contribution in [2.45, 2.75) is 45.2 Å². The second-order valence-electron chi connectivity index (χ2n) is 6.93. The number of nitrogens with one attached hydrogen (secondary N) is 1. The number of aromatic hydroxyl groups is 1. The van der Waals surface area contributed by atoms with Crippen molar-refractivity contribution in [3.8, 4) is 23.0 Å². The van der Waals surface area contributed by atoms with Gasteiger partial charge in [-0.15, -0.1) is 5.10 Å². The number of tetrazole rings is 1. The van der Waals surface area contributed by atoms with Gasteiger partial charge in [0.2, 0.25) is 11.8 Å². The number of carbonyl (C=O) groups excluding carboxylic acids is 1. The largest absolute Gasteiger partial charge is 0.504 e. The summed E-state index contributed by atoms with van der Waals surface area (Å²) in [5, 5.41) is 24.6. The lowest BCUT2D eigenvalue weighted by atomic mass is 10.0. The summed E-state index contributed by atoms with van der Waals surface area (Å²) in [5.41, 5.74) is 1.24. The van der Waals surface area contributed by atoms with Gasteiger partial charge in [-0.1, -0.05) is 6.42 Å². The molecule has 0 radical (unpaired) electrons. The molecule has 2 aromatic heterocycles. The predicted octanol–water partition coefficient (Wildman–Crippen LogP) is 1.93. The van der Waals surface area contributed by atoms with E-state index in [-0.39, 0.29) is 24.1 Å². The Bertz CT molecular complexity index is 1030. The van der Waals surface area contributed by atoms with Crippen LogP contribution < -0.4 is 10.1 Å². The van der Waals surface area contributed by atoms with Crippen molar-refractivity contribution in [1.29, 1.82) is 0 Å². The Morgan fingerprint density at radius 1 is 1.41 bits per heavy atom. The number of hydrogen-bond donors (Lipinski definition) is 2.